The van der Waals surface area contributed by atoms with E-state index in [2.05, 4.69) is 11.8 Å². The second-order valence-corrected chi connectivity index (χ2v) is 5.26. The van der Waals surface area contributed by atoms with Gasteiger partial charge in [0.25, 0.3) is 5.91 Å². The third kappa shape index (κ3) is 4.30. The molecule has 0 bridgehead atoms. The van der Waals surface area contributed by atoms with E-state index in [0.29, 0.717) is 18.7 Å². The molecule has 1 saturated heterocycles. The van der Waals surface area contributed by atoms with Gasteiger partial charge < -0.3 is 10.6 Å². The summed E-state index contributed by atoms with van der Waals surface area (Å²) in [5, 5.41) is 0. The van der Waals surface area contributed by atoms with Crippen molar-refractivity contribution in [2.45, 2.75) is 32.1 Å². The van der Waals surface area contributed by atoms with Gasteiger partial charge in [-0.1, -0.05) is 31.1 Å². The zero-order chi connectivity index (χ0) is 15.1. The zero-order valence-corrected chi connectivity index (χ0v) is 12.2. The van der Waals surface area contributed by atoms with Crippen LogP contribution in [-0.4, -0.2) is 30.4 Å². The summed E-state index contributed by atoms with van der Waals surface area (Å²) in [5.74, 6) is 4.72. The van der Waals surface area contributed by atoms with Crippen molar-refractivity contribution in [2.24, 2.45) is 5.73 Å². The normalized spacial score (nSPS) is 15.6. The molecular formula is C17H21FN2O. The molecule has 1 aliphatic rings. The lowest BCUT2D eigenvalue weighted by atomic mass is 10.1. The molecule has 0 spiro atoms. The molecule has 1 aromatic rings. The first-order valence-corrected chi connectivity index (χ1v) is 7.50. The van der Waals surface area contributed by atoms with E-state index in [1.54, 1.807) is 11.0 Å². The second kappa shape index (κ2) is 7.80. The molecule has 0 aromatic heterocycles. The van der Waals surface area contributed by atoms with Crippen LogP contribution in [0.1, 0.15) is 48.0 Å². The summed E-state index contributed by atoms with van der Waals surface area (Å²) >= 11 is 0. The van der Waals surface area contributed by atoms with Crippen molar-refractivity contribution in [3.63, 3.8) is 0 Å². The van der Waals surface area contributed by atoms with Crippen LogP contribution in [0.4, 0.5) is 4.39 Å². The van der Waals surface area contributed by atoms with Crippen LogP contribution in [0.2, 0.25) is 0 Å². The van der Waals surface area contributed by atoms with Gasteiger partial charge in [0.15, 0.2) is 0 Å². The van der Waals surface area contributed by atoms with Crippen molar-refractivity contribution in [1.29, 1.82) is 0 Å². The molecular weight excluding hydrogens is 267 g/mol. The fourth-order valence-electron chi connectivity index (χ4n) is 2.54. The van der Waals surface area contributed by atoms with E-state index >= 15 is 0 Å². The molecule has 4 heteroatoms. The molecule has 21 heavy (non-hydrogen) atoms. The number of benzene rings is 1. The van der Waals surface area contributed by atoms with Crippen LogP contribution in [0.15, 0.2) is 18.2 Å². The summed E-state index contributed by atoms with van der Waals surface area (Å²) in [6.45, 7) is 1.66. The number of carbonyl (C=O) groups is 1. The highest BCUT2D eigenvalue weighted by molar-refractivity contribution is 5.94. The highest BCUT2D eigenvalue weighted by atomic mass is 19.1. The Morgan fingerprint density at radius 3 is 2.48 bits per heavy atom. The molecule has 1 aliphatic heterocycles. The summed E-state index contributed by atoms with van der Waals surface area (Å²) in [6.07, 6.45) is 5.49. The Hall–Kier alpha value is -1.86. The fourth-order valence-corrected chi connectivity index (χ4v) is 2.54. The van der Waals surface area contributed by atoms with Gasteiger partial charge in [0.2, 0.25) is 0 Å². The maximum atomic E-state index is 14.1. The summed E-state index contributed by atoms with van der Waals surface area (Å²) in [6, 6.07) is 4.50. The molecule has 0 radical (unpaired) electrons. The highest BCUT2D eigenvalue weighted by Gasteiger charge is 2.19. The van der Waals surface area contributed by atoms with E-state index in [0.717, 1.165) is 25.7 Å². The number of nitrogens with zero attached hydrogens (tertiary/aromatic N) is 1. The van der Waals surface area contributed by atoms with Gasteiger partial charge in [-0.15, -0.1) is 0 Å². The van der Waals surface area contributed by atoms with Gasteiger partial charge >= 0.3 is 0 Å². The molecule has 2 rings (SSSR count). The minimum atomic E-state index is -0.508. The minimum absolute atomic E-state index is 0.133. The van der Waals surface area contributed by atoms with Gasteiger partial charge in [-0.25, -0.2) is 4.39 Å². The maximum absolute atomic E-state index is 14.1. The number of carbonyl (C=O) groups excluding carboxylic acids is 1. The van der Waals surface area contributed by atoms with Crippen molar-refractivity contribution in [3.8, 4) is 11.8 Å². The smallest absolute Gasteiger partial charge is 0.256 e. The topological polar surface area (TPSA) is 46.3 Å². The van der Waals surface area contributed by atoms with Gasteiger partial charge in [0, 0.05) is 18.7 Å². The van der Waals surface area contributed by atoms with Gasteiger partial charge in [-0.05, 0) is 31.0 Å². The third-order valence-electron chi connectivity index (χ3n) is 3.68. The third-order valence-corrected chi connectivity index (χ3v) is 3.68. The Balaban J connectivity index is 2.14. The molecule has 1 heterocycles. The van der Waals surface area contributed by atoms with Crippen molar-refractivity contribution in [3.05, 3.63) is 35.1 Å². The molecule has 1 amide bonds. The Labute approximate surface area is 125 Å². The number of amides is 1. The number of hydrogen-bond acceptors (Lipinski definition) is 2. The largest absolute Gasteiger partial charge is 0.339 e. The monoisotopic (exact) mass is 288 g/mol. The van der Waals surface area contributed by atoms with Crippen molar-refractivity contribution >= 4 is 5.91 Å². The first-order valence-electron chi connectivity index (χ1n) is 7.50. The summed E-state index contributed by atoms with van der Waals surface area (Å²) in [4.78, 5) is 14.2. The molecule has 0 saturated carbocycles. The predicted molar refractivity (Wildman–Crippen MR) is 81.3 cm³/mol. The Kier molecular flexibility index (Phi) is 5.77. The molecule has 0 atom stereocenters. The van der Waals surface area contributed by atoms with Gasteiger partial charge in [0.05, 0.1) is 12.1 Å². The summed E-state index contributed by atoms with van der Waals surface area (Å²) in [5.41, 5.74) is 5.97. The van der Waals surface area contributed by atoms with E-state index in [-0.39, 0.29) is 18.0 Å². The number of likely N-dealkylation sites (tertiary alicyclic amines) is 1. The van der Waals surface area contributed by atoms with Crippen molar-refractivity contribution in [1.82, 2.24) is 4.90 Å². The second-order valence-electron chi connectivity index (χ2n) is 5.26. The lowest BCUT2D eigenvalue weighted by molar-refractivity contribution is 0.0737. The van der Waals surface area contributed by atoms with Crippen LogP contribution in [0.5, 0.6) is 0 Å². The standard InChI is InChI=1S/C17H21FN2O/c18-16-13-14(7-6-10-19)8-9-15(16)17(21)20-11-4-2-1-3-5-12-20/h8-9,13H,1-5,10-12,19H2. The Morgan fingerprint density at radius 2 is 1.86 bits per heavy atom. The predicted octanol–water partition coefficient (Wildman–Crippen LogP) is 2.54. The fraction of sp³-hybridized carbons (Fsp3) is 0.471. The number of hydrogen-bond donors (Lipinski definition) is 1. The Bertz CT molecular complexity index is 552. The lowest BCUT2D eigenvalue weighted by Gasteiger charge is -2.25. The Morgan fingerprint density at radius 1 is 1.19 bits per heavy atom. The maximum Gasteiger partial charge on any atom is 0.256 e. The van der Waals surface area contributed by atoms with Crippen LogP contribution in [0, 0.1) is 17.7 Å². The van der Waals surface area contributed by atoms with Crippen LogP contribution >= 0.6 is 0 Å². The average molecular weight is 288 g/mol. The van der Waals surface area contributed by atoms with E-state index in [1.807, 2.05) is 0 Å². The number of nitrogens with two attached hydrogens (primary N) is 1. The summed E-state index contributed by atoms with van der Waals surface area (Å²) < 4.78 is 14.1. The van der Waals surface area contributed by atoms with E-state index in [1.165, 1.54) is 18.6 Å². The van der Waals surface area contributed by atoms with E-state index in [9.17, 15) is 9.18 Å². The first kappa shape index (κ1) is 15.5. The SMILES string of the molecule is NCC#Cc1ccc(C(=O)N2CCCCCCC2)c(F)c1. The lowest BCUT2D eigenvalue weighted by Crippen LogP contribution is -2.34. The molecule has 3 nitrogen and oxygen atoms in total. The molecule has 1 aromatic carbocycles. The van der Waals surface area contributed by atoms with E-state index in [4.69, 9.17) is 5.73 Å². The van der Waals surface area contributed by atoms with Crippen LogP contribution in [0.3, 0.4) is 0 Å². The molecule has 2 N–H and O–H groups in total. The molecule has 112 valence electrons. The minimum Gasteiger partial charge on any atom is -0.339 e. The van der Waals surface area contributed by atoms with E-state index < -0.39 is 5.82 Å². The number of rotatable bonds is 1. The average Bonchev–Trinajstić information content (AvgIpc) is 2.44. The van der Waals surface area contributed by atoms with Crippen LogP contribution < -0.4 is 5.73 Å². The van der Waals surface area contributed by atoms with Crippen LogP contribution in [0.25, 0.3) is 0 Å². The zero-order valence-electron chi connectivity index (χ0n) is 12.2. The summed E-state index contributed by atoms with van der Waals surface area (Å²) in [7, 11) is 0. The quantitative estimate of drug-likeness (QED) is 0.807. The molecule has 0 unspecified atom stereocenters. The van der Waals surface area contributed by atoms with Crippen molar-refractivity contribution in [2.75, 3.05) is 19.6 Å². The van der Waals surface area contributed by atoms with Crippen molar-refractivity contribution < 1.29 is 9.18 Å². The van der Waals surface area contributed by atoms with Gasteiger partial charge in [0.1, 0.15) is 5.82 Å². The van der Waals surface area contributed by atoms with Crippen LogP contribution in [-0.2, 0) is 0 Å². The molecule has 0 aliphatic carbocycles. The molecule has 1 fully saturated rings. The number of halogens is 1. The van der Waals surface area contributed by atoms with Gasteiger partial charge in [-0.2, -0.15) is 0 Å². The first-order chi connectivity index (χ1) is 10.2. The highest BCUT2D eigenvalue weighted by Crippen LogP contribution is 2.16. The van der Waals surface area contributed by atoms with Gasteiger partial charge in [-0.3, -0.25) is 4.79 Å².